The Labute approximate surface area is 175 Å². The molecule has 29 heavy (non-hydrogen) atoms. The van der Waals surface area contributed by atoms with Gasteiger partial charge in [-0.05, 0) is 31.0 Å². The fraction of sp³-hybridized carbons (Fsp3) is 0.667. The second kappa shape index (κ2) is 11.9. The van der Waals surface area contributed by atoms with Crippen LogP contribution in [0.25, 0.3) is 0 Å². The lowest BCUT2D eigenvalue weighted by molar-refractivity contribution is 0.402. The minimum Gasteiger partial charge on any atom is -0.495 e. The molecule has 0 amide bonds. The molecule has 0 spiro atoms. The lowest BCUT2D eigenvalue weighted by Crippen LogP contribution is -2.36. The molecule has 0 radical (unpaired) electrons. The first-order valence-corrected chi connectivity index (χ1v) is 12.1. The van der Waals surface area contributed by atoms with E-state index in [-0.39, 0.29) is 10.9 Å². The predicted octanol–water partition coefficient (Wildman–Crippen LogP) is 3.69. The summed E-state index contributed by atoms with van der Waals surface area (Å²) in [6, 6.07) is 4.87. The van der Waals surface area contributed by atoms with Crippen molar-refractivity contribution < 1.29 is 13.2 Å². The van der Waals surface area contributed by atoms with Crippen molar-refractivity contribution in [1.82, 2.24) is 9.62 Å². The molecule has 1 saturated heterocycles. The highest BCUT2D eigenvalue weighted by atomic mass is 32.2. The van der Waals surface area contributed by atoms with E-state index in [2.05, 4.69) is 23.2 Å². The summed E-state index contributed by atoms with van der Waals surface area (Å²) in [7, 11) is -2.27. The molecule has 1 aliphatic heterocycles. The second-order valence-corrected chi connectivity index (χ2v) is 9.25. The van der Waals surface area contributed by atoms with E-state index < -0.39 is 10.0 Å². The molecule has 7 nitrogen and oxygen atoms in total. The molecule has 0 aliphatic carbocycles. The fourth-order valence-electron chi connectivity index (χ4n) is 3.54. The van der Waals surface area contributed by atoms with Crippen LogP contribution in [0.5, 0.6) is 5.75 Å². The molecule has 1 heterocycles. The summed E-state index contributed by atoms with van der Waals surface area (Å²) in [6.45, 7) is 4.00. The number of hydrogen-bond donors (Lipinski definition) is 2. The highest BCUT2D eigenvalue weighted by Crippen LogP contribution is 2.28. The number of benzene rings is 1. The van der Waals surface area contributed by atoms with Crippen LogP contribution in [0.1, 0.15) is 58.3 Å². The molecule has 0 aromatic heterocycles. The predicted molar refractivity (Wildman–Crippen MR) is 115 cm³/mol. The summed E-state index contributed by atoms with van der Waals surface area (Å²) in [4.78, 5) is 1.69. The van der Waals surface area contributed by atoms with E-state index in [4.69, 9.17) is 10.00 Å². The molecular formula is C21H34N4O3S. The number of sulfonamides is 1. The zero-order valence-electron chi connectivity index (χ0n) is 17.6. The van der Waals surface area contributed by atoms with E-state index in [1.807, 2.05) is 6.07 Å². The Morgan fingerprint density at radius 3 is 2.59 bits per heavy atom. The summed E-state index contributed by atoms with van der Waals surface area (Å²) in [6.07, 6.45) is 11.3. The Morgan fingerprint density at radius 1 is 1.21 bits per heavy atom. The van der Waals surface area contributed by atoms with Crippen molar-refractivity contribution in [1.29, 1.82) is 5.26 Å². The number of hydrogen-bond acceptors (Lipinski definition) is 6. The Balaban J connectivity index is 1.91. The van der Waals surface area contributed by atoms with Crippen LogP contribution in [-0.2, 0) is 10.0 Å². The van der Waals surface area contributed by atoms with Gasteiger partial charge in [-0.25, -0.2) is 13.1 Å². The summed E-state index contributed by atoms with van der Waals surface area (Å²) < 4.78 is 33.8. The van der Waals surface area contributed by atoms with E-state index in [1.54, 1.807) is 17.0 Å². The maximum absolute atomic E-state index is 12.9. The highest BCUT2D eigenvalue weighted by molar-refractivity contribution is 7.89. The lowest BCUT2D eigenvalue weighted by atomic mass is 10.1. The molecule has 1 aromatic rings. The van der Waals surface area contributed by atoms with Crippen LogP contribution in [0.15, 0.2) is 23.1 Å². The van der Waals surface area contributed by atoms with E-state index >= 15 is 0 Å². The Morgan fingerprint density at radius 2 is 1.93 bits per heavy atom. The first kappa shape index (κ1) is 23.3. The topological polar surface area (TPSA) is 94.5 Å². The van der Waals surface area contributed by atoms with Crippen LogP contribution in [-0.4, -0.2) is 46.1 Å². The maximum atomic E-state index is 12.9. The van der Waals surface area contributed by atoms with Gasteiger partial charge in [-0.2, -0.15) is 5.26 Å². The van der Waals surface area contributed by atoms with Gasteiger partial charge >= 0.3 is 0 Å². The van der Waals surface area contributed by atoms with Gasteiger partial charge in [0, 0.05) is 31.4 Å². The zero-order chi connectivity index (χ0) is 21.1. The molecule has 2 N–H and O–H groups in total. The van der Waals surface area contributed by atoms with Crippen molar-refractivity contribution >= 4 is 15.7 Å². The van der Waals surface area contributed by atoms with E-state index in [9.17, 15) is 8.42 Å². The summed E-state index contributed by atoms with van der Waals surface area (Å²) >= 11 is 0. The van der Waals surface area contributed by atoms with Gasteiger partial charge in [0.2, 0.25) is 10.0 Å². The molecule has 2 rings (SSSR count). The molecule has 0 bridgehead atoms. The number of ether oxygens (including phenoxy) is 1. The smallest absolute Gasteiger partial charge is 0.244 e. The first-order chi connectivity index (χ1) is 14.0. The lowest BCUT2D eigenvalue weighted by Gasteiger charge is -2.16. The van der Waals surface area contributed by atoms with Gasteiger partial charge < -0.3 is 15.0 Å². The van der Waals surface area contributed by atoms with Crippen LogP contribution in [0.4, 0.5) is 5.69 Å². The largest absolute Gasteiger partial charge is 0.495 e. The Kier molecular flexibility index (Phi) is 9.55. The van der Waals surface area contributed by atoms with Crippen LogP contribution in [0.2, 0.25) is 0 Å². The van der Waals surface area contributed by atoms with Crippen molar-refractivity contribution in [3.05, 3.63) is 18.2 Å². The SMILES string of the molecule is CCCCCCCCCNc1ccc(OC)c(S(=O)(=O)N[C@@H]2CCN(C#N)C2)c1. The van der Waals surface area contributed by atoms with Gasteiger partial charge in [0.15, 0.2) is 6.19 Å². The van der Waals surface area contributed by atoms with Crippen molar-refractivity contribution in [2.45, 2.75) is 69.2 Å². The van der Waals surface area contributed by atoms with Crippen LogP contribution in [0.3, 0.4) is 0 Å². The average Bonchev–Trinajstić information content (AvgIpc) is 3.16. The summed E-state index contributed by atoms with van der Waals surface area (Å²) in [5.41, 5.74) is 0.766. The van der Waals surface area contributed by atoms with Crippen molar-refractivity contribution in [3.8, 4) is 11.9 Å². The van der Waals surface area contributed by atoms with Crippen molar-refractivity contribution in [2.24, 2.45) is 0 Å². The zero-order valence-corrected chi connectivity index (χ0v) is 18.4. The van der Waals surface area contributed by atoms with E-state index in [1.165, 1.54) is 45.6 Å². The van der Waals surface area contributed by atoms with E-state index in [0.29, 0.717) is 25.3 Å². The van der Waals surface area contributed by atoms with Gasteiger partial charge in [-0.15, -0.1) is 0 Å². The number of anilines is 1. The molecule has 8 heteroatoms. The van der Waals surface area contributed by atoms with Crippen LogP contribution >= 0.6 is 0 Å². The van der Waals surface area contributed by atoms with E-state index in [0.717, 1.165) is 18.7 Å². The minimum atomic E-state index is -3.74. The molecule has 162 valence electrons. The minimum absolute atomic E-state index is 0.125. The molecular weight excluding hydrogens is 388 g/mol. The van der Waals surface area contributed by atoms with Crippen LogP contribution < -0.4 is 14.8 Å². The van der Waals surface area contributed by atoms with Gasteiger partial charge in [-0.1, -0.05) is 45.4 Å². The van der Waals surface area contributed by atoms with Crippen molar-refractivity contribution in [2.75, 3.05) is 32.1 Å². The third-order valence-electron chi connectivity index (χ3n) is 5.21. The first-order valence-electron chi connectivity index (χ1n) is 10.6. The van der Waals surface area contributed by atoms with Gasteiger partial charge in [-0.3, -0.25) is 0 Å². The molecule has 1 fully saturated rings. The highest BCUT2D eigenvalue weighted by Gasteiger charge is 2.28. The number of nitriles is 1. The number of unbranched alkanes of at least 4 members (excludes halogenated alkanes) is 6. The molecule has 1 aromatic carbocycles. The van der Waals surface area contributed by atoms with Crippen LogP contribution in [0, 0.1) is 11.5 Å². The molecule has 0 saturated carbocycles. The quantitative estimate of drug-likeness (QED) is 0.372. The van der Waals surface area contributed by atoms with Gasteiger partial charge in [0.05, 0.1) is 7.11 Å². The maximum Gasteiger partial charge on any atom is 0.244 e. The number of methoxy groups -OCH3 is 1. The third kappa shape index (κ3) is 7.41. The number of nitrogens with one attached hydrogen (secondary N) is 2. The Hall–Kier alpha value is -1.98. The second-order valence-electron chi connectivity index (χ2n) is 7.57. The van der Waals surface area contributed by atoms with Gasteiger partial charge in [0.25, 0.3) is 0 Å². The normalized spacial score (nSPS) is 16.6. The number of nitrogens with zero attached hydrogens (tertiary/aromatic N) is 2. The molecule has 0 unspecified atom stereocenters. The standard InChI is InChI=1S/C21H34N4O3S/c1-3-4-5-6-7-8-9-13-23-18-10-11-20(28-2)21(15-18)29(26,27)24-19-12-14-25(16-19)17-22/h10-11,15,19,23-24H,3-9,12-14,16H2,1-2H3/t19-/m1/s1. The Bertz CT molecular complexity index is 777. The van der Waals surface area contributed by atoms with Gasteiger partial charge in [0.1, 0.15) is 10.6 Å². The fourth-order valence-corrected chi connectivity index (χ4v) is 5.00. The number of likely N-dealkylation sites (tertiary alicyclic amines) is 1. The van der Waals surface area contributed by atoms with Crippen molar-refractivity contribution in [3.63, 3.8) is 0 Å². The number of rotatable bonds is 13. The molecule has 1 atom stereocenters. The summed E-state index contributed by atoms with van der Waals surface area (Å²) in [5, 5.41) is 12.3. The monoisotopic (exact) mass is 422 g/mol. The summed E-state index contributed by atoms with van der Waals surface area (Å²) in [5.74, 6) is 0.314. The average molecular weight is 423 g/mol. The molecule has 1 aliphatic rings. The third-order valence-corrected chi connectivity index (χ3v) is 6.76.